The highest BCUT2D eigenvalue weighted by Gasteiger charge is 2.27. The van der Waals surface area contributed by atoms with Crippen LogP contribution in [0.4, 0.5) is 0 Å². The van der Waals surface area contributed by atoms with Crippen LogP contribution in [-0.2, 0) is 9.59 Å². The molecule has 0 bridgehead atoms. The number of carbonyl (C=O) groups excluding carboxylic acids is 2. The number of Topliss-reactive ketones (excluding diaryl/α,β-unsaturated/α-hetero) is 1. The molecule has 0 spiro atoms. The number of nitrogens with zero attached hydrogens (tertiary/aromatic N) is 1. The van der Waals surface area contributed by atoms with Crippen molar-refractivity contribution in [1.29, 1.82) is 0 Å². The second-order valence-corrected chi connectivity index (χ2v) is 3.29. The van der Waals surface area contributed by atoms with Crippen molar-refractivity contribution in [3.05, 3.63) is 0 Å². The Hall–Kier alpha value is -0.860. The zero-order chi connectivity index (χ0) is 9.14. The summed E-state index contributed by atoms with van der Waals surface area (Å²) in [7, 11) is 0. The fourth-order valence-electron chi connectivity index (χ4n) is 1.54. The van der Waals surface area contributed by atoms with Gasteiger partial charge in [-0.15, -0.1) is 0 Å². The van der Waals surface area contributed by atoms with Crippen molar-refractivity contribution in [2.24, 2.45) is 5.92 Å². The molecule has 1 atom stereocenters. The fraction of sp³-hybridized carbons (Fsp3) is 0.778. The number of carbonyl (C=O) groups is 2. The molecule has 68 valence electrons. The topological polar surface area (TPSA) is 37.4 Å². The van der Waals surface area contributed by atoms with E-state index >= 15 is 0 Å². The van der Waals surface area contributed by atoms with Gasteiger partial charge in [-0.25, -0.2) is 0 Å². The molecule has 3 heteroatoms. The van der Waals surface area contributed by atoms with Crippen molar-refractivity contribution in [1.82, 2.24) is 4.90 Å². The van der Waals surface area contributed by atoms with Gasteiger partial charge < -0.3 is 4.90 Å². The summed E-state index contributed by atoms with van der Waals surface area (Å²) in [5.74, 6) is 0.473. The van der Waals surface area contributed by atoms with Crippen molar-refractivity contribution in [3.8, 4) is 0 Å². The monoisotopic (exact) mass is 169 g/mol. The Labute approximate surface area is 72.7 Å². The van der Waals surface area contributed by atoms with Gasteiger partial charge in [-0.3, -0.25) is 9.59 Å². The molecule has 0 saturated carbocycles. The third kappa shape index (κ3) is 1.84. The van der Waals surface area contributed by atoms with Crippen LogP contribution in [0.1, 0.15) is 26.7 Å². The first-order valence-corrected chi connectivity index (χ1v) is 4.43. The summed E-state index contributed by atoms with van der Waals surface area (Å²) in [6.45, 7) is 4.85. The number of hydrogen-bond donors (Lipinski definition) is 0. The standard InChI is InChI=1S/C9H15NO2/c1-3-9(12)10-5-4-8(6-10)7(2)11/h8H,3-6H2,1-2H3. The lowest BCUT2D eigenvalue weighted by Gasteiger charge is -2.14. The average Bonchev–Trinajstić information content (AvgIpc) is 2.51. The Morgan fingerprint density at radius 3 is 2.58 bits per heavy atom. The first-order valence-electron chi connectivity index (χ1n) is 4.43. The summed E-state index contributed by atoms with van der Waals surface area (Å²) in [6, 6.07) is 0. The molecular weight excluding hydrogens is 154 g/mol. The highest BCUT2D eigenvalue weighted by molar-refractivity contribution is 5.81. The second kappa shape index (κ2) is 3.70. The van der Waals surface area contributed by atoms with Gasteiger partial charge in [0.2, 0.25) is 5.91 Å². The normalized spacial score (nSPS) is 22.8. The maximum Gasteiger partial charge on any atom is 0.222 e. The number of ketones is 1. The molecule has 0 aromatic rings. The van der Waals surface area contributed by atoms with E-state index in [9.17, 15) is 9.59 Å². The molecule has 3 nitrogen and oxygen atoms in total. The molecular formula is C9H15NO2. The summed E-state index contributed by atoms with van der Waals surface area (Å²) in [6.07, 6.45) is 1.39. The molecule has 12 heavy (non-hydrogen) atoms. The molecule has 1 fully saturated rings. The van der Waals surface area contributed by atoms with Crippen molar-refractivity contribution < 1.29 is 9.59 Å². The predicted molar refractivity (Wildman–Crippen MR) is 45.7 cm³/mol. The molecule has 1 aliphatic rings. The lowest BCUT2D eigenvalue weighted by atomic mass is 10.1. The van der Waals surface area contributed by atoms with Crippen LogP contribution >= 0.6 is 0 Å². The molecule has 1 saturated heterocycles. The summed E-state index contributed by atoms with van der Waals surface area (Å²) in [5.41, 5.74) is 0. The fourth-order valence-corrected chi connectivity index (χ4v) is 1.54. The lowest BCUT2D eigenvalue weighted by Crippen LogP contribution is -2.28. The van der Waals surface area contributed by atoms with Crippen molar-refractivity contribution >= 4 is 11.7 Å². The second-order valence-electron chi connectivity index (χ2n) is 3.29. The van der Waals surface area contributed by atoms with Gasteiger partial charge in [-0.1, -0.05) is 6.92 Å². The van der Waals surface area contributed by atoms with E-state index in [0.717, 1.165) is 13.0 Å². The molecule has 1 heterocycles. The van der Waals surface area contributed by atoms with E-state index < -0.39 is 0 Å². The number of hydrogen-bond acceptors (Lipinski definition) is 2. The molecule has 0 N–H and O–H groups in total. The minimum absolute atomic E-state index is 0.0977. The summed E-state index contributed by atoms with van der Waals surface area (Å²) in [4.78, 5) is 23.9. The SMILES string of the molecule is CCC(=O)N1CCC(C(C)=O)C1. The van der Waals surface area contributed by atoms with E-state index in [0.29, 0.717) is 13.0 Å². The predicted octanol–water partition coefficient (Wildman–Crippen LogP) is 0.834. The Morgan fingerprint density at radius 1 is 1.50 bits per heavy atom. The Kier molecular flexibility index (Phi) is 2.84. The molecule has 1 unspecified atom stereocenters. The van der Waals surface area contributed by atoms with Crippen LogP contribution in [-0.4, -0.2) is 29.7 Å². The van der Waals surface area contributed by atoms with Gasteiger partial charge in [-0.05, 0) is 13.3 Å². The van der Waals surface area contributed by atoms with Gasteiger partial charge in [-0.2, -0.15) is 0 Å². The van der Waals surface area contributed by atoms with E-state index in [4.69, 9.17) is 0 Å². The van der Waals surface area contributed by atoms with E-state index in [1.165, 1.54) is 0 Å². The van der Waals surface area contributed by atoms with Crippen LogP contribution in [0.5, 0.6) is 0 Å². The third-order valence-corrected chi connectivity index (χ3v) is 2.42. The Balaban J connectivity index is 2.45. The van der Waals surface area contributed by atoms with E-state index in [2.05, 4.69) is 0 Å². The zero-order valence-electron chi connectivity index (χ0n) is 7.67. The van der Waals surface area contributed by atoms with E-state index in [1.807, 2.05) is 6.92 Å². The highest BCUT2D eigenvalue weighted by Crippen LogP contribution is 2.17. The molecule has 0 aromatic carbocycles. The van der Waals surface area contributed by atoms with Crippen LogP contribution in [0, 0.1) is 5.92 Å². The van der Waals surface area contributed by atoms with E-state index in [-0.39, 0.29) is 17.6 Å². The molecule has 1 rings (SSSR count). The van der Waals surface area contributed by atoms with Crippen LogP contribution in [0.25, 0.3) is 0 Å². The van der Waals surface area contributed by atoms with Gasteiger partial charge in [0.1, 0.15) is 5.78 Å². The summed E-state index contributed by atoms with van der Waals surface area (Å²) < 4.78 is 0. The van der Waals surface area contributed by atoms with Crippen molar-refractivity contribution in [2.45, 2.75) is 26.7 Å². The van der Waals surface area contributed by atoms with Gasteiger partial charge >= 0.3 is 0 Å². The maximum absolute atomic E-state index is 11.2. The quantitative estimate of drug-likeness (QED) is 0.614. The van der Waals surface area contributed by atoms with Gasteiger partial charge in [0.05, 0.1) is 0 Å². The molecule has 0 aromatic heterocycles. The lowest BCUT2D eigenvalue weighted by molar-refractivity contribution is -0.130. The molecule has 1 amide bonds. The van der Waals surface area contributed by atoms with Gasteiger partial charge in [0.15, 0.2) is 0 Å². The minimum Gasteiger partial charge on any atom is -0.342 e. The van der Waals surface area contributed by atoms with Crippen molar-refractivity contribution in [3.63, 3.8) is 0 Å². The van der Waals surface area contributed by atoms with Crippen LogP contribution in [0.15, 0.2) is 0 Å². The van der Waals surface area contributed by atoms with E-state index in [1.54, 1.807) is 11.8 Å². The average molecular weight is 169 g/mol. The summed E-state index contributed by atoms with van der Waals surface area (Å²) >= 11 is 0. The number of amides is 1. The maximum atomic E-state index is 11.2. The molecule has 1 aliphatic heterocycles. The summed E-state index contributed by atoms with van der Waals surface area (Å²) in [5, 5.41) is 0. The number of rotatable bonds is 2. The Bertz CT molecular complexity index is 201. The van der Waals surface area contributed by atoms with Crippen LogP contribution in [0.3, 0.4) is 0 Å². The van der Waals surface area contributed by atoms with Crippen LogP contribution < -0.4 is 0 Å². The molecule has 0 aliphatic carbocycles. The van der Waals surface area contributed by atoms with Crippen molar-refractivity contribution in [2.75, 3.05) is 13.1 Å². The largest absolute Gasteiger partial charge is 0.342 e. The van der Waals surface area contributed by atoms with Crippen LogP contribution in [0.2, 0.25) is 0 Å². The first-order chi connectivity index (χ1) is 5.65. The highest BCUT2D eigenvalue weighted by atomic mass is 16.2. The third-order valence-electron chi connectivity index (χ3n) is 2.42. The molecule has 0 radical (unpaired) electrons. The van der Waals surface area contributed by atoms with Gasteiger partial charge in [0, 0.05) is 25.4 Å². The van der Waals surface area contributed by atoms with Gasteiger partial charge in [0.25, 0.3) is 0 Å². The minimum atomic E-state index is 0.0977. The zero-order valence-corrected chi connectivity index (χ0v) is 7.67. The Morgan fingerprint density at radius 2 is 2.17 bits per heavy atom. The smallest absolute Gasteiger partial charge is 0.222 e. The number of likely N-dealkylation sites (tertiary alicyclic amines) is 1. The first kappa shape index (κ1) is 9.23.